The van der Waals surface area contributed by atoms with E-state index >= 15 is 0 Å². The molecule has 0 heterocycles. The maximum atomic E-state index is 13.9. The van der Waals surface area contributed by atoms with Crippen molar-refractivity contribution >= 4 is 43.5 Å². The van der Waals surface area contributed by atoms with E-state index in [1.165, 1.54) is 31.2 Å². The zero-order valence-corrected chi connectivity index (χ0v) is 24.3. The van der Waals surface area contributed by atoms with E-state index in [0.717, 1.165) is 15.4 Å². The average molecular weight is 603 g/mol. The molecule has 10 heteroatoms. The highest BCUT2D eigenvalue weighted by atomic mass is 79.9. The second-order valence-electron chi connectivity index (χ2n) is 8.69. The van der Waals surface area contributed by atoms with Gasteiger partial charge in [-0.2, -0.15) is 0 Å². The number of ether oxygens (including phenoxy) is 1. The summed E-state index contributed by atoms with van der Waals surface area (Å²) in [7, 11) is -1.17. The summed E-state index contributed by atoms with van der Waals surface area (Å²) in [5, 5.41) is 2.62. The average Bonchev–Trinajstić information content (AvgIpc) is 2.92. The number of hydrogen-bond donors (Lipinski definition) is 1. The van der Waals surface area contributed by atoms with Crippen LogP contribution in [0, 0.1) is 6.92 Å². The molecule has 0 spiro atoms. The van der Waals surface area contributed by atoms with Gasteiger partial charge in [-0.3, -0.25) is 13.9 Å². The van der Waals surface area contributed by atoms with Crippen molar-refractivity contribution in [1.82, 2.24) is 10.2 Å². The molecule has 0 aromatic heterocycles. The molecule has 0 radical (unpaired) electrons. The Labute approximate surface area is 232 Å². The molecule has 1 atom stereocenters. The van der Waals surface area contributed by atoms with Crippen LogP contribution in [0.5, 0.6) is 5.75 Å². The third-order valence-electron chi connectivity index (χ3n) is 6.14. The summed E-state index contributed by atoms with van der Waals surface area (Å²) in [6.07, 6.45) is 0.362. The number of methoxy groups -OCH3 is 1. The third kappa shape index (κ3) is 6.73. The maximum Gasteiger partial charge on any atom is 0.264 e. The molecule has 1 N–H and O–H groups in total. The first-order chi connectivity index (χ1) is 18.1. The molecule has 0 aliphatic rings. The molecule has 8 nitrogen and oxygen atoms in total. The number of anilines is 1. The Balaban J connectivity index is 2.07. The molecule has 38 heavy (non-hydrogen) atoms. The maximum absolute atomic E-state index is 13.9. The molecule has 0 saturated carbocycles. The number of nitrogens with one attached hydrogen (secondary N) is 1. The lowest BCUT2D eigenvalue weighted by atomic mass is 10.1. The highest BCUT2D eigenvalue weighted by Crippen LogP contribution is 2.31. The number of hydrogen-bond acceptors (Lipinski definition) is 5. The molecule has 3 rings (SSSR count). The molecular weight excluding hydrogens is 570 g/mol. The monoisotopic (exact) mass is 601 g/mol. The van der Waals surface area contributed by atoms with E-state index in [9.17, 15) is 18.0 Å². The van der Waals surface area contributed by atoms with Gasteiger partial charge in [-0.15, -0.1) is 0 Å². The van der Waals surface area contributed by atoms with Crippen LogP contribution in [0.2, 0.25) is 0 Å². The van der Waals surface area contributed by atoms with Crippen LogP contribution >= 0.6 is 15.9 Å². The van der Waals surface area contributed by atoms with Crippen molar-refractivity contribution in [2.45, 2.75) is 37.8 Å². The van der Waals surface area contributed by atoms with Crippen molar-refractivity contribution in [3.63, 3.8) is 0 Å². The van der Waals surface area contributed by atoms with Crippen LogP contribution in [0.1, 0.15) is 24.5 Å². The van der Waals surface area contributed by atoms with Gasteiger partial charge >= 0.3 is 0 Å². The van der Waals surface area contributed by atoms with Crippen LogP contribution in [0.3, 0.4) is 0 Å². The predicted octanol–water partition coefficient (Wildman–Crippen LogP) is 4.51. The van der Waals surface area contributed by atoms with Crippen LogP contribution < -0.4 is 14.4 Å². The minimum Gasteiger partial charge on any atom is -0.496 e. The third-order valence-corrected chi connectivity index (χ3v) is 8.53. The Kier molecular flexibility index (Phi) is 9.93. The fourth-order valence-corrected chi connectivity index (χ4v) is 6.17. The van der Waals surface area contributed by atoms with Gasteiger partial charge in [-0.05, 0) is 65.2 Å². The molecule has 0 bridgehead atoms. The molecular formula is C28H32BrN3O5S. The topological polar surface area (TPSA) is 96.0 Å². The minimum absolute atomic E-state index is 0.00787. The lowest BCUT2D eigenvalue weighted by Crippen LogP contribution is -2.51. The molecule has 2 amide bonds. The second-order valence-corrected chi connectivity index (χ2v) is 11.4. The van der Waals surface area contributed by atoms with E-state index in [0.29, 0.717) is 22.3 Å². The molecule has 0 saturated heterocycles. The smallest absolute Gasteiger partial charge is 0.264 e. The Hall–Kier alpha value is -3.37. The number of carbonyl (C=O) groups excluding carboxylic acids is 2. The summed E-state index contributed by atoms with van der Waals surface area (Å²) >= 11 is 3.35. The van der Waals surface area contributed by atoms with E-state index in [-0.39, 0.29) is 17.3 Å². The summed E-state index contributed by atoms with van der Waals surface area (Å²) in [6.45, 7) is 3.37. The Morgan fingerprint density at radius 3 is 2.24 bits per heavy atom. The van der Waals surface area contributed by atoms with Gasteiger partial charge in [0, 0.05) is 13.6 Å². The first-order valence-corrected chi connectivity index (χ1v) is 14.3. The normalized spacial score (nSPS) is 11.9. The number of benzene rings is 3. The van der Waals surface area contributed by atoms with Crippen LogP contribution in [0.25, 0.3) is 0 Å². The number of rotatable bonds is 11. The van der Waals surface area contributed by atoms with Crippen LogP contribution in [0.15, 0.2) is 82.2 Å². The number of halogens is 1. The van der Waals surface area contributed by atoms with Gasteiger partial charge in [-0.1, -0.05) is 55.0 Å². The molecule has 0 fully saturated rings. The number of aryl methyl sites for hydroxylation is 1. The highest BCUT2D eigenvalue weighted by Gasteiger charge is 2.33. The standard InChI is InChI=1S/C28H32BrN3O5S/c1-5-25(28(34)30-3)31(18-21-9-7-6-8-10-21)27(33)19-32(22-13-11-20(2)12-14-22)38(35,36)23-15-16-26(37-4)24(29)17-23/h6-17,25H,5,18-19H2,1-4H3,(H,30,34). The van der Waals surface area contributed by atoms with Crippen LogP contribution in [0.4, 0.5) is 5.69 Å². The molecule has 3 aromatic rings. The quantitative estimate of drug-likeness (QED) is 0.349. The Bertz CT molecular complexity index is 1360. The van der Waals surface area contributed by atoms with Gasteiger partial charge in [0.15, 0.2) is 0 Å². The van der Waals surface area contributed by atoms with E-state index in [1.807, 2.05) is 44.2 Å². The first-order valence-electron chi connectivity index (χ1n) is 12.1. The number of amides is 2. The van der Waals surface area contributed by atoms with Gasteiger partial charge in [0.2, 0.25) is 11.8 Å². The van der Waals surface area contributed by atoms with E-state index in [2.05, 4.69) is 21.2 Å². The van der Waals surface area contributed by atoms with Crippen molar-refractivity contribution < 1.29 is 22.7 Å². The summed E-state index contributed by atoms with van der Waals surface area (Å²) in [6, 6.07) is 19.8. The minimum atomic E-state index is -4.17. The van der Waals surface area contributed by atoms with Crippen molar-refractivity contribution in [1.29, 1.82) is 0 Å². The summed E-state index contributed by atoms with van der Waals surface area (Å²) in [5.74, 6) is -0.339. The lowest BCUT2D eigenvalue weighted by molar-refractivity contribution is -0.140. The predicted molar refractivity (Wildman–Crippen MR) is 152 cm³/mol. The second kappa shape index (κ2) is 12.9. The zero-order valence-electron chi connectivity index (χ0n) is 21.8. The van der Waals surface area contributed by atoms with Gasteiger partial charge in [0.25, 0.3) is 10.0 Å². The van der Waals surface area contributed by atoms with Gasteiger partial charge in [-0.25, -0.2) is 8.42 Å². The molecule has 202 valence electrons. The van der Waals surface area contributed by atoms with Gasteiger partial charge < -0.3 is 15.0 Å². The fourth-order valence-electron chi connectivity index (χ4n) is 4.04. The molecule has 1 unspecified atom stereocenters. The Morgan fingerprint density at radius 1 is 1.03 bits per heavy atom. The van der Waals surface area contributed by atoms with Crippen LogP contribution in [-0.2, 0) is 26.2 Å². The largest absolute Gasteiger partial charge is 0.496 e. The van der Waals surface area contributed by atoms with E-state index in [4.69, 9.17) is 4.74 Å². The van der Waals surface area contributed by atoms with Crippen molar-refractivity contribution in [3.8, 4) is 5.75 Å². The summed E-state index contributed by atoms with van der Waals surface area (Å²) < 4.78 is 34.6. The summed E-state index contributed by atoms with van der Waals surface area (Å²) in [5.41, 5.74) is 2.11. The van der Waals surface area contributed by atoms with Crippen molar-refractivity contribution in [2.75, 3.05) is 25.0 Å². The Morgan fingerprint density at radius 2 is 1.68 bits per heavy atom. The van der Waals surface area contributed by atoms with E-state index in [1.54, 1.807) is 30.3 Å². The molecule has 3 aromatic carbocycles. The van der Waals surface area contributed by atoms with E-state index < -0.39 is 28.5 Å². The highest BCUT2D eigenvalue weighted by molar-refractivity contribution is 9.10. The lowest BCUT2D eigenvalue weighted by Gasteiger charge is -2.33. The number of sulfonamides is 1. The number of carbonyl (C=O) groups is 2. The fraction of sp³-hybridized carbons (Fsp3) is 0.286. The molecule has 0 aliphatic heterocycles. The molecule has 0 aliphatic carbocycles. The SMILES string of the molecule is CCC(C(=O)NC)N(Cc1ccccc1)C(=O)CN(c1ccc(C)cc1)S(=O)(=O)c1ccc(OC)c(Br)c1. The van der Waals surface area contributed by atoms with Gasteiger partial charge in [0.05, 0.1) is 22.2 Å². The summed E-state index contributed by atoms with van der Waals surface area (Å²) in [4.78, 5) is 28.0. The van der Waals surface area contributed by atoms with Crippen molar-refractivity contribution in [3.05, 3.63) is 88.4 Å². The first kappa shape index (κ1) is 29.2. The van der Waals surface area contributed by atoms with Gasteiger partial charge in [0.1, 0.15) is 18.3 Å². The zero-order chi connectivity index (χ0) is 27.9. The number of nitrogens with zero attached hydrogens (tertiary/aromatic N) is 2. The number of likely N-dealkylation sites (N-methyl/N-ethyl adjacent to an activating group) is 1. The van der Waals surface area contributed by atoms with Crippen LogP contribution in [-0.4, -0.2) is 51.9 Å². The van der Waals surface area contributed by atoms with Crippen molar-refractivity contribution in [2.24, 2.45) is 0 Å².